The Hall–Kier alpha value is -1.62. The van der Waals surface area contributed by atoms with Crippen molar-refractivity contribution in [3.05, 3.63) is 41.5 Å². The quantitative estimate of drug-likeness (QED) is 0.591. The van der Waals surface area contributed by atoms with Gasteiger partial charge in [0, 0.05) is 16.9 Å². The molecule has 0 amide bonds. The van der Waals surface area contributed by atoms with Crippen LogP contribution in [-0.2, 0) is 12.2 Å². The van der Waals surface area contributed by atoms with E-state index in [-0.39, 0.29) is 0 Å². The van der Waals surface area contributed by atoms with Crippen LogP contribution in [0.4, 0.5) is 0 Å². The van der Waals surface area contributed by atoms with Crippen molar-refractivity contribution in [2.75, 3.05) is 0 Å². The monoisotopic (exact) mass is 262 g/mol. The summed E-state index contributed by atoms with van der Waals surface area (Å²) < 4.78 is 5.15. The third-order valence-corrected chi connectivity index (χ3v) is 3.36. The minimum atomic E-state index is 0.642. The average molecular weight is 262 g/mol. The second-order valence-corrected chi connectivity index (χ2v) is 4.88. The van der Waals surface area contributed by atoms with E-state index in [2.05, 4.69) is 17.1 Å². The number of hydrogen-bond donors (Lipinski definition) is 0. The zero-order chi connectivity index (χ0) is 12.8. The predicted molar refractivity (Wildman–Crippen MR) is 69.7 cm³/mol. The summed E-state index contributed by atoms with van der Waals surface area (Å²) >= 11 is 1.61. The fraction of sp³-hybridized carbons (Fsp3) is 0.308. The minimum absolute atomic E-state index is 0.642. The number of aldehydes is 1. The molecule has 2 aromatic rings. The van der Waals surface area contributed by atoms with Crippen LogP contribution in [0.5, 0.6) is 0 Å². The normalized spacial score (nSPS) is 10.5. The Morgan fingerprint density at radius 3 is 2.78 bits per heavy atom. The number of aromatic nitrogens is 2. The maximum absolute atomic E-state index is 10.5. The first-order chi connectivity index (χ1) is 8.81. The molecule has 2 rings (SSSR count). The Balaban J connectivity index is 1.91. The fourth-order valence-electron chi connectivity index (χ4n) is 1.46. The molecule has 0 aliphatic carbocycles. The highest BCUT2D eigenvalue weighted by molar-refractivity contribution is 7.98. The van der Waals surface area contributed by atoms with Gasteiger partial charge in [-0.15, -0.1) is 11.8 Å². The van der Waals surface area contributed by atoms with E-state index >= 15 is 0 Å². The van der Waals surface area contributed by atoms with E-state index in [1.807, 2.05) is 12.1 Å². The molecule has 4 nitrogen and oxygen atoms in total. The first-order valence-corrected chi connectivity index (χ1v) is 6.80. The molecular formula is C13H14N2O2S. The maximum Gasteiger partial charge on any atom is 0.237 e. The van der Waals surface area contributed by atoms with Gasteiger partial charge < -0.3 is 4.52 Å². The van der Waals surface area contributed by atoms with Crippen molar-refractivity contribution in [1.82, 2.24) is 10.1 Å². The van der Waals surface area contributed by atoms with Gasteiger partial charge in [-0.2, -0.15) is 4.98 Å². The van der Waals surface area contributed by atoms with Gasteiger partial charge in [0.25, 0.3) is 0 Å². The highest BCUT2D eigenvalue weighted by Crippen LogP contribution is 2.22. The van der Waals surface area contributed by atoms with E-state index in [0.29, 0.717) is 17.2 Å². The highest BCUT2D eigenvalue weighted by atomic mass is 32.2. The van der Waals surface area contributed by atoms with Crippen molar-refractivity contribution in [3.63, 3.8) is 0 Å². The zero-order valence-electron chi connectivity index (χ0n) is 10.1. The number of rotatable bonds is 6. The summed E-state index contributed by atoms with van der Waals surface area (Å²) in [7, 11) is 0. The molecule has 0 unspecified atom stereocenters. The number of thioether (sulfide) groups is 1. The molecular weight excluding hydrogens is 248 g/mol. The molecule has 0 saturated heterocycles. The molecule has 1 aromatic heterocycles. The standard InChI is InChI=1S/C13H14N2O2S/c1-2-3-12-14-13(17-15-12)9-18-11-6-4-10(8-16)5-7-11/h4-8H,2-3,9H2,1H3. The lowest BCUT2D eigenvalue weighted by atomic mass is 10.2. The van der Waals surface area contributed by atoms with Crippen LogP contribution in [0.2, 0.25) is 0 Å². The Morgan fingerprint density at radius 2 is 2.11 bits per heavy atom. The molecule has 0 aliphatic heterocycles. The molecule has 5 heteroatoms. The summed E-state index contributed by atoms with van der Waals surface area (Å²) in [6.07, 6.45) is 2.70. The highest BCUT2D eigenvalue weighted by Gasteiger charge is 2.06. The van der Waals surface area contributed by atoms with Crippen molar-refractivity contribution in [3.8, 4) is 0 Å². The van der Waals surface area contributed by atoms with Crippen molar-refractivity contribution in [1.29, 1.82) is 0 Å². The summed E-state index contributed by atoms with van der Waals surface area (Å²) in [5, 5.41) is 3.90. The molecule has 94 valence electrons. The van der Waals surface area contributed by atoms with E-state index in [0.717, 1.165) is 29.8 Å². The van der Waals surface area contributed by atoms with Crippen molar-refractivity contribution in [2.24, 2.45) is 0 Å². The number of benzene rings is 1. The van der Waals surface area contributed by atoms with Gasteiger partial charge in [0.15, 0.2) is 5.82 Å². The Labute approximate surface area is 110 Å². The van der Waals surface area contributed by atoms with E-state index in [9.17, 15) is 4.79 Å². The number of carbonyl (C=O) groups excluding carboxylic acids is 1. The predicted octanol–water partition coefficient (Wildman–Crippen LogP) is 3.13. The molecule has 0 radical (unpaired) electrons. The topological polar surface area (TPSA) is 56.0 Å². The lowest BCUT2D eigenvalue weighted by Crippen LogP contribution is -1.86. The summed E-state index contributed by atoms with van der Waals surface area (Å²) in [6, 6.07) is 7.42. The van der Waals surface area contributed by atoms with E-state index in [1.54, 1.807) is 23.9 Å². The van der Waals surface area contributed by atoms with Gasteiger partial charge in [-0.05, 0) is 18.6 Å². The molecule has 0 N–H and O–H groups in total. The van der Waals surface area contributed by atoms with Gasteiger partial charge in [0.05, 0.1) is 5.75 Å². The number of aryl methyl sites for hydroxylation is 1. The third-order valence-electron chi connectivity index (χ3n) is 2.36. The average Bonchev–Trinajstić information content (AvgIpc) is 2.85. The largest absolute Gasteiger partial charge is 0.338 e. The maximum atomic E-state index is 10.5. The smallest absolute Gasteiger partial charge is 0.237 e. The minimum Gasteiger partial charge on any atom is -0.338 e. The van der Waals surface area contributed by atoms with Crippen LogP contribution in [-0.4, -0.2) is 16.4 Å². The van der Waals surface area contributed by atoms with Crippen molar-refractivity contribution in [2.45, 2.75) is 30.4 Å². The van der Waals surface area contributed by atoms with Gasteiger partial charge in [0.1, 0.15) is 6.29 Å². The number of hydrogen-bond acceptors (Lipinski definition) is 5. The van der Waals surface area contributed by atoms with Gasteiger partial charge in [-0.3, -0.25) is 4.79 Å². The lowest BCUT2D eigenvalue weighted by Gasteiger charge is -1.98. The van der Waals surface area contributed by atoms with Crippen LogP contribution in [0, 0.1) is 0 Å². The molecule has 0 spiro atoms. The molecule has 0 aliphatic rings. The first kappa shape index (κ1) is 12.8. The fourth-order valence-corrected chi connectivity index (χ4v) is 2.20. The second-order valence-electron chi connectivity index (χ2n) is 3.83. The van der Waals surface area contributed by atoms with E-state index < -0.39 is 0 Å². The first-order valence-electron chi connectivity index (χ1n) is 5.81. The third kappa shape index (κ3) is 3.43. The Morgan fingerprint density at radius 1 is 1.33 bits per heavy atom. The van der Waals surface area contributed by atoms with Gasteiger partial charge in [-0.25, -0.2) is 0 Å². The SMILES string of the molecule is CCCc1noc(CSc2ccc(C=O)cc2)n1. The zero-order valence-corrected chi connectivity index (χ0v) is 10.9. The van der Waals surface area contributed by atoms with Crippen LogP contribution in [0.25, 0.3) is 0 Å². The molecule has 18 heavy (non-hydrogen) atoms. The second kappa shape index (κ2) is 6.35. The molecule has 0 bridgehead atoms. The van der Waals surface area contributed by atoms with Crippen LogP contribution in [0.1, 0.15) is 35.4 Å². The lowest BCUT2D eigenvalue weighted by molar-refractivity contribution is 0.112. The van der Waals surface area contributed by atoms with Crippen molar-refractivity contribution < 1.29 is 9.32 Å². The molecule has 1 heterocycles. The van der Waals surface area contributed by atoms with Crippen LogP contribution in [0.3, 0.4) is 0 Å². The van der Waals surface area contributed by atoms with Crippen LogP contribution < -0.4 is 0 Å². The molecule has 0 saturated carbocycles. The summed E-state index contributed by atoms with van der Waals surface area (Å²) in [5.74, 6) is 2.06. The summed E-state index contributed by atoms with van der Waals surface area (Å²) in [4.78, 5) is 15.9. The molecule has 0 fully saturated rings. The van der Waals surface area contributed by atoms with Crippen LogP contribution >= 0.6 is 11.8 Å². The molecule has 1 aromatic carbocycles. The van der Waals surface area contributed by atoms with E-state index in [1.165, 1.54) is 0 Å². The van der Waals surface area contributed by atoms with Gasteiger partial charge in [0.2, 0.25) is 5.89 Å². The Bertz CT molecular complexity index is 508. The van der Waals surface area contributed by atoms with E-state index in [4.69, 9.17) is 4.52 Å². The Kier molecular flexibility index (Phi) is 4.52. The van der Waals surface area contributed by atoms with Gasteiger partial charge >= 0.3 is 0 Å². The summed E-state index contributed by atoms with van der Waals surface area (Å²) in [5.41, 5.74) is 0.683. The summed E-state index contributed by atoms with van der Waals surface area (Å²) in [6.45, 7) is 2.08. The van der Waals surface area contributed by atoms with Crippen molar-refractivity contribution >= 4 is 18.0 Å². The molecule has 0 atom stereocenters. The van der Waals surface area contributed by atoms with Crippen LogP contribution in [0.15, 0.2) is 33.7 Å². The van der Waals surface area contributed by atoms with Gasteiger partial charge in [-0.1, -0.05) is 24.2 Å². The number of carbonyl (C=O) groups is 1. The number of nitrogens with zero attached hydrogens (tertiary/aromatic N) is 2.